The zero-order valence-corrected chi connectivity index (χ0v) is 11.6. The van der Waals surface area contributed by atoms with E-state index in [4.69, 9.17) is 4.55 Å². The molecule has 2 aromatic rings. The third kappa shape index (κ3) is 5.06. The molecule has 2 aromatic carbocycles. The molecule has 0 amide bonds. The van der Waals surface area contributed by atoms with E-state index in [0.29, 0.717) is 5.56 Å². The molecule has 116 valence electrons. The second kappa shape index (κ2) is 8.25. The summed E-state index contributed by atoms with van der Waals surface area (Å²) in [6.07, 6.45) is 0. The van der Waals surface area contributed by atoms with Crippen molar-refractivity contribution in [3.05, 3.63) is 65.7 Å². The lowest BCUT2D eigenvalue weighted by atomic mass is 10.0. The first-order chi connectivity index (χ1) is 8.48. The fourth-order valence-electron chi connectivity index (χ4n) is 1.55. The molecule has 7 nitrogen and oxygen atoms in total. The molecule has 2 rings (SSSR count). The Morgan fingerprint density at radius 2 is 1.33 bits per heavy atom. The molecule has 8 heteroatoms. The maximum atomic E-state index is 12.0. The van der Waals surface area contributed by atoms with Gasteiger partial charge in [-0.2, -0.15) is 8.42 Å². The van der Waals surface area contributed by atoms with Gasteiger partial charge in [-0.3, -0.25) is 9.35 Å². The van der Waals surface area contributed by atoms with Gasteiger partial charge in [0.2, 0.25) is 0 Å². The van der Waals surface area contributed by atoms with Gasteiger partial charge in [-0.25, -0.2) is 0 Å². The fraction of sp³-hybridized carbons (Fsp3) is 0. The normalized spacial score (nSPS) is 9.57. The highest BCUT2D eigenvalue weighted by molar-refractivity contribution is 7.85. The van der Waals surface area contributed by atoms with Crippen molar-refractivity contribution in [2.24, 2.45) is 0 Å². The Kier molecular flexibility index (Phi) is 8.33. The minimum absolute atomic E-state index is 0. The average molecular weight is 316 g/mol. The number of rotatable bonds is 3. The molecule has 0 fully saturated rings. The van der Waals surface area contributed by atoms with Crippen LogP contribution in [0.15, 0.2) is 59.5 Å². The number of ketones is 1. The zero-order chi connectivity index (χ0) is 13.2. The maximum absolute atomic E-state index is 12.0. The van der Waals surface area contributed by atoms with Gasteiger partial charge in [0.15, 0.2) is 5.78 Å². The van der Waals surface area contributed by atoms with E-state index in [1.807, 2.05) is 0 Å². The average Bonchev–Trinajstić information content (AvgIpc) is 2.38. The minimum atomic E-state index is -4.29. The molecular formula is C13H16O7S. The van der Waals surface area contributed by atoms with Crippen LogP contribution in [0.5, 0.6) is 0 Å². The highest BCUT2D eigenvalue weighted by Crippen LogP contribution is 2.14. The third-order valence-electron chi connectivity index (χ3n) is 2.43. The topological polar surface area (TPSA) is 166 Å². The van der Waals surface area contributed by atoms with Crippen LogP contribution in [0.2, 0.25) is 0 Å². The summed E-state index contributed by atoms with van der Waals surface area (Å²) in [7, 11) is -4.29. The number of benzene rings is 2. The largest absolute Gasteiger partial charge is 0.412 e. The van der Waals surface area contributed by atoms with Crippen molar-refractivity contribution in [3.8, 4) is 0 Å². The van der Waals surface area contributed by atoms with E-state index < -0.39 is 10.1 Å². The van der Waals surface area contributed by atoms with Crippen LogP contribution in [-0.4, -0.2) is 35.2 Å². The lowest BCUT2D eigenvalue weighted by molar-refractivity contribution is 0.103. The zero-order valence-electron chi connectivity index (χ0n) is 10.8. The van der Waals surface area contributed by atoms with E-state index in [-0.39, 0.29) is 32.7 Å². The number of hydrogen-bond acceptors (Lipinski definition) is 3. The molecule has 0 aromatic heterocycles. The molecule has 0 radical (unpaired) electrons. The van der Waals surface area contributed by atoms with E-state index in [0.717, 1.165) is 6.07 Å². The highest BCUT2D eigenvalue weighted by atomic mass is 32.2. The summed E-state index contributed by atoms with van der Waals surface area (Å²) in [5.41, 5.74) is 0.682. The first kappa shape index (κ1) is 21.2. The molecule has 0 bridgehead atoms. The molecule has 0 aliphatic rings. The number of carbonyl (C=O) groups is 1. The van der Waals surface area contributed by atoms with Gasteiger partial charge in [0.1, 0.15) is 0 Å². The Bertz CT molecular complexity index is 681. The van der Waals surface area contributed by atoms with E-state index in [1.54, 1.807) is 30.3 Å². The standard InChI is InChI=1S/C13H10O4S.3H2O/c14-13(10-5-2-1-3-6-10)11-7-4-8-12(9-11)18(15,16)17;;;/h1-9H,(H,15,16,17);3*1H2. The van der Waals surface area contributed by atoms with Crippen LogP contribution in [0.25, 0.3) is 0 Å². The van der Waals surface area contributed by atoms with Crippen LogP contribution in [0.3, 0.4) is 0 Å². The second-order valence-electron chi connectivity index (χ2n) is 3.70. The first-order valence-corrected chi connectivity index (χ1v) is 6.60. The number of carbonyl (C=O) groups excluding carboxylic acids is 1. The molecule has 0 spiro atoms. The Morgan fingerprint density at radius 3 is 1.86 bits per heavy atom. The van der Waals surface area contributed by atoms with Crippen molar-refractivity contribution >= 4 is 15.9 Å². The van der Waals surface area contributed by atoms with Crippen LogP contribution >= 0.6 is 0 Å². The van der Waals surface area contributed by atoms with Gasteiger partial charge >= 0.3 is 0 Å². The summed E-state index contributed by atoms with van der Waals surface area (Å²) in [5.74, 6) is -0.291. The van der Waals surface area contributed by atoms with Crippen LogP contribution in [0.4, 0.5) is 0 Å². The lowest BCUT2D eigenvalue weighted by Crippen LogP contribution is -2.04. The van der Waals surface area contributed by atoms with Gasteiger partial charge in [-0.1, -0.05) is 42.5 Å². The molecule has 7 N–H and O–H groups in total. The molecule has 0 atom stereocenters. The SMILES string of the molecule is O.O.O.O=C(c1ccccc1)c1cccc(S(=O)(=O)O)c1. The van der Waals surface area contributed by atoms with Gasteiger partial charge in [0.05, 0.1) is 4.90 Å². The predicted molar refractivity (Wildman–Crippen MR) is 77.0 cm³/mol. The van der Waals surface area contributed by atoms with Crippen LogP contribution in [-0.2, 0) is 10.1 Å². The highest BCUT2D eigenvalue weighted by Gasteiger charge is 2.14. The van der Waals surface area contributed by atoms with Crippen molar-refractivity contribution in [1.82, 2.24) is 0 Å². The van der Waals surface area contributed by atoms with Crippen molar-refractivity contribution < 1.29 is 34.2 Å². The monoisotopic (exact) mass is 316 g/mol. The molecule has 0 saturated carbocycles. The summed E-state index contributed by atoms with van der Waals surface area (Å²) in [6, 6.07) is 13.8. The summed E-state index contributed by atoms with van der Waals surface area (Å²) in [4.78, 5) is 11.8. The Hall–Kier alpha value is -2.10. The van der Waals surface area contributed by atoms with Crippen molar-refractivity contribution in [3.63, 3.8) is 0 Å². The van der Waals surface area contributed by atoms with Gasteiger partial charge in [-0.15, -0.1) is 0 Å². The van der Waals surface area contributed by atoms with E-state index >= 15 is 0 Å². The predicted octanol–water partition coefficient (Wildman–Crippen LogP) is -0.310. The molecule has 21 heavy (non-hydrogen) atoms. The summed E-state index contributed by atoms with van der Waals surface area (Å²) in [5, 5.41) is 0. The summed E-state index contributed by atoms with van der Waals surface area (Å²) < 4.78 is 30.9. The molecule has 0 saturated heterocycles. The minimum Gasteiger partial charge on any atom is -0.412 e. The molecule has 0 aliphatic carbocycles. The molecule has 0 aliphatic heterocycles. The van der Waals surface area contributed by atoms with Crippen molar-refractivity contribution in [1.29, 1.82) is 0 Å². The third-order valence-corrected chi connectivity index (χ3v) is 3.28. The van der Waals surface area contributed by atoms with Crippen molar-refractivity contribution in [2.45, 2.75) is 4.90 Å². The Labute approximate surface area is 121 Å². The molecule has 0 heterocycles. The van der Waals surface area contributed by atoms with Crippen molar-refractivity contribution in [2.75, 3.05) is 0 Å². The molecular weight excluding hydrogens is 300 g/mol. The quantitative estimate of drug-likeness (QED) is 0.606. The number of hydrogen-bond donors (Lipinski definition) is 1. The van der Waals surface area contributed by atoms with Gasteiger partial charge in [0.25, 0.3) is 10.1 Å². The Morgan fingerprint density at radius 1 is 0.810 bits per heavy atom. The summed E-state index contributed by atoms with van der Waals surface area (Å²) in [6.45, 7) is 0. The van der Waals surface area contributed by atoms with Gasteiger partial charge in [0, 0.05) is 11.1 Å². The van der Waals surface area contributed by atoms with Gasteiger partial charge in [-0.05, 0) is 12.1 Å². The summed E-state index contributed by atoms with van der Waals surface area (Å²) >= 11 is 0. The van der Waals surface area contributed by atoms with Gasteiger partial charge < -0.3 is 16.4 Å². The Balaban J connectivity index is 0. The second-order valence-corrected chi connectivity index (χ2v) is 5.12. The maximum Gasteiger partial charge on any atom is 0.294 e. The van der Waals surface area contributed by atoms with E-state index in [1.165, 1.54) is 18.2 Å². The first-order valence-electron chi connectivity index (χ1n) is 5.16. The smallest absolute Gasteiger partial charge is 0.294 e. The fourth-order valence-corrected chi connectivity index (χ4v) is 2.08. The van der Waals surface area contributed by atoms with Crippen LogP contribution < -0.4 is 0 Å². The van der Waals surface area contributed by atoms with E-state index in [9.17, 15) is 13.2 Å². The lowest BCUT2D eigenvalue weighted by Gasteiger charge is -2.02. The van der Waals surface area contributed by atoms with Crippen LogP contribution in [0.1, 0.15) is 15.9 Å². The van der Waals surface area contributed by atoms with E-state index in [2.05, 4.69) is 0 Å². The van der Waals surface area contributed by atoms with Crippen LogP contribution in [0, 0.1) is 0 Å². The molecule has 0 unspecified atom stereocenters.